The van der Waals surface area contributed by atoms with Crippen molar-refractivity contribution in [2.45, 2.75) is 63.3 Å². The summed E-state index contributed by atoms with van der Waals surface area (Å²) < 4.78 is 5.38. The fourth-order valence-electron chi connectivity index (χ4n) is 5.36. The number of carbonyl (C=O) groups excluding carboxylic acids is 3. The highest BCUT2D eigenvalue weighted by molar-refractivity contribution is 5.94. The molecule has 4 rings (SSSR count). The first-order chi connectivity index (χ1) is 20.0. The van der Waals surface area contributed by atoms with Gasteiger partial charge in [-0.25, -0.2) is 9.59 Å². The number of benzene rings is 3. The van der Waals surface area contributed by atoms with Gasteiger partial charge in [-0.2, -0.15) is 0 Å². The van der Waals surface area contributed by atoms with Crippen LogP contribution in [0.5, 0.6) is 0 Å². The van der Waals surface area contributed by atoms with Crippen LogP contribution in [0.15, 0.2) is 91.0 Å². The predicted octanol–water partition coefficient (Wildman–Crippen LogP) is 4.45. The average molecular weight is 572 g/mol. The number of carboxylic acids is 1. The molecule has 3 amide bonds. The molecule has 1 aliphatic heterocycles. The summed E-state index contributed by atoms with van der Waals surface area (Å²) in [5.74, 6) is -2.30. The van der Waals surface area contributed by atoms with Crippen LogP contribution in [0.25, 0.3) is 0 Å². The summed E-state index contributed by atoms with van der Waals surface area (Å²) >= 11 is 0. The summed E-state index contributed by atoms with van der Waals surface area (Å²) in [6.45, 7) is 5.27. The molecule has 1 saturated heterocycles. The van der Waals surface area contributed by atoms with E-state index in [1.54, 1.807) is 20.8 Å². The zero-order valence-electron chi connectivity index (χ0n) is 24.1. The minimum absolute atomic E-state index is 0.214. The van der Waals surface area contributed by atoms with Gasteiger partial charge >= 0.3 is 12.1 Å². The molecule has 0 radical (unpaired) electrons. The first kappa shape index (κ1) is 30.3. The summed E-state index contributed by atoms with van der Waals surface area (Å²) in [6.07, 6.45) is -0.506. The van der Waals surface area contributed by atoms with E-state index in [2.05, 4.69) is 10.6 Å². The van der Waals surface area contributed by atoms with Crippen LogP contribution >= 0.6 is 0 Å². The molecule has 1 fully saturated rings. The van der Waals surface area contributed by atoms with Crippen molar-refractivity contribution in [2.24, 2.45) is 0 Å². The molecular weight excluding hydrogens is 534 g/mol. The Morgan fingerprint density at radius 2 is 1.33 bits per heavy atom. The second-order valence-corrected chi connectivity index (χ2v) is 11.3. The summed E-state index contributed by atoms with van der Waals surface area (Å²) in [6, 6.07) is 26.1. The first-order valence-corrected chi connectivity index (χ1v) is 14.0. The van der Waals surface area contributed by atoms with Crippen LogP contribution in [-0.2, 0) is 24.7 Å². The van der Waals surface area contributed by atoms with Crippen molar-refractivity contribution in [3.63, 3.8) is 0 Å². The number of carboxylic acid groups (broad SMARTS) is 1. The van der Waals surface area contributed by atoms with Crippen molar-refractivity contribution in [3.8, 4) is 0 Å². The van der Waals surface area contributed by atoms with Crippen molar-refractivity contribution in [2.75, 3.05) is 6.54 Å². The van der Waals surface area contributed by atoms with Crippen LogP contribution in [0.3, 0.4) is 0 Å². The van der Waals surface area contributed by atoms with E-state index in [1.165, 1.54) is 4.90 Å². The van der Waals surface area contributed by atoms with Gasteiger partial charge < -0.3 is 25.4 Å². The maximum Gasteiger partial charge on any atom is 0.408 e. The largest absolute Gasteiger partial charge is 0.480 e. The van der Waals surface area contributed by atoms with Crippen molar-refractivity contribution in [1.82, 2.24) is 15.5 Å². The van der Waals surface area contributed by atoms with E-state index < -0.39 is 53.5 Å². The normalized spacial score (nSPS) is 15.9. The number of likely N-dealkylation sites (tertiary alicyclic amines) is 1. The Labute approximate surface area is 245 Å². The first-order valence-electron chi connectivity index (χ1n) is 14.0. The van der Waals surface area contributed by atoms with Gasteiger partial charge in [0.05, 0.1) is 6.42 Å². The molecule has 0 unspecified atom stereocenters. The Kier molecular flexibility index (Phi) is 9.30. The summed E-state index contributed by atoms with van der Waals surface area (Å²) in [7, 11) is 0. The molecule has 220 valence electrons. The highest BCUT2D eigenvalue weighted by Crippen LogP contribution is 2.37. The predicted molar refractivity (Wildman–Crippen MR) is 157 cm³/mol. The van der Waals surface area contributed by atoms with Crippen LogP contribution in [-0.4, -0.2) is 58.1 Å². The molecule has 1 heterocycles. The Morgan fingerprint density at radius 3 is 1.76 bits per heavy atom. The number of amides is 3. The number of hydrogen-bond donors (Lipinski definition) is 3. The lowest BCUT2D eigenvalue weighted by Gasteiger charge is -2.37. The Morgan fingerprint density at radius 1 is 0.857 bits per heavy atom. The van der Waals surface area contributed by atoms with Gasteiger partial charge in [-0.05, 0) is 50.3 Å². The molecule has 0 saturated carbocycles. The lowest BCUT2D eigenvalue weighted by Crippen LogP contribution is -2.55. The van der Waals surface area contributed by atoms with Crippen LogP contribution in [0.4, 0.5) is 4.79 Å². The van der Waals surface area contributed by atoms with Gasteiger partial charge in [-0.3, -0.25) is 9.59 Å². The van der Waals surface area contributed by atoms with Crippen LogP contribution < -0.4 is 10.6 Å². The Balaban J connectivity index is 1.72. The van der Waals surface area contributed by atoms with Gasteiger partial charge in [0, 0.05) is 6.54 Å². The smallest absolute Gasteiger partial charge is 0.408 e. The third kappa shape index (κ3) is 6.97. The number of alkyl carbamates (subject to hydrolysis) is 1. The Hall–Kier alpha value is -4.66. The average Bonchev–Trinajstić information content (AvgIpc) is 3.46. The monoisotopic (exact) mass is 571 g/mol. The molecule has 2 atom stereocenters. The van der Waals surface area contributed by atoms with E-state index in [0.29, 0.717) is 12.8 Å². The molecule has 3 aromatic rings. The molecule has 0 bridgehead atoms. The van der Waals surface area contributed by atoms with Gasteiger partial charge in [-0.1, -0.05) is 91.0 Å². The summed E-state index contributed by atoms with van der Waals surface area (Å²) in [5.41, 5.74) is 0.412. The minimum atomic E-state index is -1.35. The van der Waals surface area contributed by atoms with Crippen molar-refractivity contribution < 1.29 is 29.0 Å². The molecule has 1 aliphatic rings. The van der Waals surface area contributed by atoms with E-state index in [1.807, 2.05) is 91.0 Å². The molecule has 0 aliphatic carbocycles. The summed E-state index contributed by atoms with van der Waals surface area (Å²) in [5, 5.41) is 15.4. The number of ether oxygens (including phenoxy) is 1. The lowest BCUT2D eigenvalue weighted by atomic mass is 9.77. The van der Waals surface area contributed by atoms with Gasteiger partial charge in [0.25, 0.3) is 0 Å². The van der Waals surface area contributed by atoms with Gasteiger partial charge in [0.1, 0.15) is 23.2 Å². The maximum absolute atomic E-state index is 14.0. The molecule has 3 N–H and O–H groups in total. The van der Waals surface area contributed by atoms with Crippen LogP contribution in [0, 0.1) is 0 Å². The third-order valence-electron chi connectivity index (χ3n) is 7.15. The summed E-state index contributed by atoms with van der Waals surface area (Å²) in [4.78, 5) is 53.5. The molecule has 42 heavy (non-hydrogen) atoms. The lowest BCUT2D eigenvalue weighted by molar-refractivity contribution is -0.149. The number of hydrogen-bond acceptors (Lipinski definition) is 5. The second kappa shape index (κ2) is 12.9. The van der Waals surface area contributed by atoms with E-state index in [4.69, 9.17) is 4.74 Å². The number of nitrogens with one attached hydrogen (secondary N) is 2. The van der Waals surface area contributed by atoms with Crippen molar-refractivity contribution >= 4 is 23.9 Å². The maximum atomic E-state index is 14.0. The third-order valence-corrected chi connectivity index (χ3v) is 7.15. The number of nitrogens with zero attached hydrogens (tertiary/aromatic N) is 1. The zero-order valence-corrected chi connectivity index (χ0v) is 24.1. The number of rotatable bonds is 9. The second-order valence-electron chi connectivity index (χ2n) is 11.3. The van der Waals surface area contributed by atoms with E-state index in [9.17, 15) is 24.3 Å². The SMILES string of the molecule is CC(C)(C)OC(=O)N[C@@H](CC(=O)NC(c1ccccc1)(c1ccccc1)c1ccccc1)C(=O)N1CCC[C@H]1C(=O)O. The van der Waals surface area contributed by atoms with Crippen LogP contribution in [0.1, 0.15) is 56.7 Å². The van der Waals surface area contributed by atoms with E-state index >= 15 is 0 Å². The van der Waals surface area contributed by atoms with Crippen molar-refractivity contribution in [3.05, 3.63) is 108 Å². The van der Waals surface area contributed by atoms with Gasteiger partial charge in [-0.15, -0.1) is 0 Å². The highest BCUT2D eigenvalue weighted by atomic mass is 16.6. The quantitative estimate of drug-likeness (QED) is 0.326. The molecular formula is C33H37N3O6. The van der Waals surface area contributed by atoms with E-state index in [-0.39, 0.29) is 6.54 Å². The van der Waals surface area contributed by atoms with E-state index in [0.717, 1.165) is 16.7 Å². The molecule has 9 heteroatoms. The fourth-order valence-corrected chi connectivity index (χ4v) is 5.36. The van der Waals surface area contributed by atoms with Crippen LogP contribution in [0.2, 0.25) is 0 Å². The highest BCUT2D eigenvalue weighted by Gasteiger charge is 2.41. The molecule has 0 spiro atoms. The zero-order chi connectivity index (χ0) is 30.3. The van der Waals surface area contributed by atoms with Gasteiger partial charge in [0.2, 0.25) is 11.8 Å². The molecule has 3 aromatic carbocycles. The molecule has 9 nitrogen and oxygen atoms in total. The minimum Gasteiger partial charge on any atom is -0.480 e. The fraction of sp³-hybridized carbons (Fsp3) is 0.333. The topological polar surface area (TPSA) is 125 Å². The Bertz CT molecular complexity index is 1290. The van der Waals surface area contributed by atoms with Gasteiger partial charge in [0.15, 0.2) is 0 Å². The standard InChI is InChI=1S/C33H37N3O6/c1-32(2,3)42-31(41)34-26(29(38)36-21-13-20-27(36)30(39)40)22-28(37)35-33(23-14-7-4-8-15-23,24-16-9-5-10-17-24)25-18-11-6-12-19-25/h4-12,14-19,26-27H,13,20-22H2,1-3H3,(H,34,41)(H,35,37)(H,39,40)/t26-,27-/m0/s1. The number of carbonyl (C=O) groups is 4. The number of aliphatic carboxylic acids is 1. The van der Waals surface area contributed by atoms with Crippen molar-refractivity contribution in [1.29, 1.82) is 0 Å². The molecule has 0 aromatic heterocycles.